The molecule has 1 rings (SSSR count). The molecule has 0 aromatic carbocycles. The number of hydrogen-bond acceptors (Lipinski definition) is 6. The van der Waals surface area contributed by atoms with Crippen LogP contribution in [-0.2, 0) is 11.2 Å². The number of likely N-dealkylation sites (N-methyl/N-ethyl adjacent to an activating group) is 1. The molecule has 0 spiro atoms. The van der Waals surface area contributed by atoms with E-state index in [1.807, 2.05) is 14.1 Å². The van der Waals surface area contributed by atoms with Crippen molar-refractivity contribution in [1.82, 2.24) is 15.0 Å². The summed E-state index contributed by atoms with van der Waals surface area (Å²) >= 11 is 0. The van der Waals surface area contributed by atoms with Gasteiger partial charge < -0.3 is 19.9 Å². The second-order valence-electron chi connectivity index (χ2n) is 3.56. The van der Waals surface area contributed by atoms with Crippen LogP contribution in [0.25, 0.3) is 0 Å². The average Bonchev–Trinajstić information content (AvgIpc) is 2.65. The molecule has 0 aliphatic rings. The largest absolute Gasteiger partial charge is 0.370 e. The monoisotopic (exact) mass is 214 g/mol. The molecule has 1 unspecified atom stereocenters. The van der Waals surface area contributed by atoms with Crippen LogP contribution in [0.5, 0.6) is 0 Å². The van der Waals surface area contributed by atoms with Crippen molar-refractivity contribution in [2.24, 2.45) is 5.73 Å². The van der Waals surface area contributed by atoms with Crippen LogP contribution in [0.4, 0.5) is 0 Å². The Morgan fingerprint density at radius 1 is 1.53 bits per heavy atom. The van der Waals surface area contributed by atoms with E-state index in [9.17, 15) is 0 Å². The zero-order valence-corrected chi connectivity index (χ0v) is 9.43. The molecule has 1 aromatic heterocycles. The molecule has 6 heteroatoms. The topological polar surface area (TPSA) is 77.4 Å². The Bertz CT molecular complexity index is 283. The van der Waals surface area contributed by atoms with E-state index < -0.39 is 0 Å². The molecule has 15 heavy (non-hydrogen) atoms. The number of methoxy groups -OCH3 is 1. The maximum atomic E-state index is 5.49. The molecular formula is C9H18N4O2. The number of ether oxygens (including phenoxy) is 1. The lowest BCUT2D eigenvalue weighted by Crippen LogP contribution is -2.16. The first-order valence-corrected chi connectivity index (χ1v) is 4.87. The van der Waals surface area contributed by atoms with Crippen LogP contribution in [-0.4, -0.2) is 49.3 Å². The van der Waals surface area contributed by atoms with Crippen LogP contribution >= 0.6 is 0 Å². The molecule has 0 saturated heterocycles. The standard InChI is InChI=1S/C9H18N4O2/c1-13(2)5-4-8-11-9(15-12-8)7(6-10)14-3/h7H,4-6,10H2,1-3H3. The van der Waals surface area contributed by atoms with Gasteiger partial charge in [-0.2, -0.15) is 4.98 Å². The van der Waals surface area contributed by atoms with Crippen molar-refractivity contribution in [1.29, 1.82) is 0 Å². The van der Waals surface area contributed by atoms with Gasteiger partial charge >= 0.3 is 0 Å². The molecule has 2 N–H and O–H groups in total. The molecule has 0 aliphatic carbocycles. The van der Waals surface area contributed by atoms with Crippen molar-refractivity contribution < 1.29 is 9.26 Å². The minimum absolute atomic E-state index is 0.300. The van der Waals surface area contributed by atoms with Gasteiger partial charge in [-0.3, -0.25) is 0 Å². The highest BCUT2D eigenvalue weighted by atomic mass is 16.5. The van der Waals surface area contributed by atoms with E-state index in [-0.39, 0.29) is 6.10 Å². The van der Waals surface area contributed by atoms with Crippen molar-refractivity contribution >= 4 is 0 Å². The lowest BCUT2D eigenvalue weighted by molar-refractivity contribution is 0.0804. The second-order valence-corrected chi connectivity index (χ2v) is 3.56. The van der Waals surface area contributed by atoms with E-state index in [2.05, 4.69) is 15.0 Å². The van der Waals surface area contributed by atoms with E-state index in [1.165, 1.54) is 0 Å². The third-order valence-corrected chi connectivity index (χ3v) is 2.04. The molecule has 6 nitrogen and oxygen atoms in total. The molecule has 1 heterocycles. The first-order valence-electron chi connectivity index (χ1n) is 4.87. The molecule has 0 radical (unpaired) electrons. The summed E-state index contributed by atoms with van der Waals surface area (Å²) in [6, 6.07) is 0. The lowest BCUT2D eigenvalue weighted by Gasteiger charge is -2.06. The van der Waals surface area contributed by atoms with Crippen molar-refractivity contribution in [2.45, 2.75) is 12.5 Å². The Balaban J connectivity index is 2.55. The summed E-state index contributed by atoms with van der Waals surface area (Å²) in [6.07, 6.45) is 0.461. The van der Waals surface area contributed by atoms with E-state index in [0.29, 0.717) is 18.3 Å². The van der Waals surface area contributed by atoms with E-state index in [1.54, 1.807) is 7.11 Å². The number of nitrogens with two attached hydrogens (primary N) is 1. The van der Waals surface area contributed by atoms with E-state index in [4.69, 9.17) is 15.0 Å². The van der Waals surface area contributed by atoms with Crippen LogP contribution in [0.2, 0.25) is 0 Å². The van der Waals surface area contributed by atoms with Gasteiger partial charge in [0.05, 0.1) is 0 Å². The number of nitrogens with zero attached hydrogens (tertiary/aromatic N) is 3. The van der Waals surface area contributed by atoms with Crippen LogP contribution in [0, 0.1) is 0 Å². The second kappa shape index (κ2) is 5.79. The normalized spacial score (nSPS) is 13.4. The fourth-order valence-corrected chi connectivity index (χ4v) is 1.12. The summed E-state index contributed by atoms with van der Waals surface area (Å²) in [5.74, 6) is 1.14. The molecule has 0 bridgehead atoms. The minimum Gasteiger partial charge on any atom is -0.370 e. The van der Waals surface area contributed by atoms with Gasteiger partial charge in [-0.15, -0.1) is 0 Å². The summed E-state index contributed by atoms with van der Waals surface area (Å²) in [6.45, 7) is 1.23. The highest BCUT2D eigenvalue weighted by Gasteiger charge is 2.16. The van der Waals surface area contributed by atoms with Gasteiger partial charge in [0.15, 0.2) is 5.82 Å². The summed E-state index contributed by atoms with van der Waals surface area (Å²) in [5, 5.41) is 3.86. The van der Waals surface area contributed by atoms with Gasteiger partial charge in [-0.05, 0) is 14.1 Å². The van der Waals surface area contributed by atoms with Crippen molar-refractivity contribution in [3.8, 4) is 0 Å². The summed E-state index contributed by atoms with van der Waals surface area (Å²) < 4.78 is 10.1. The van der Waals surface area contributed by atoms with Crippen LogP contribution in [0.15, 0.2) is 4.52 Å². The third kappa shape index (κ3) is 3.58. The first-order chi connectivity index (χ1) is 7.17. The number of rotatable bonds is 6. The highest BCUT2D eigenvalue weighted by molar-refractivity contribution is 4.91. The Kier molecular flexibility index (Phi) is 4.67. The molecule has 1 aromatic rings. The quantitative estimate of drug-likeness (QED) is 0.708. The SMILES string of the molecule is COC(CN)c1nc(CCN(C)C)no1. The predicted octanol–water partition coefficient (Wildman–Crippen LogP) is -0.180. The van der Waals surface area contributed by atoms with Crippen LogP contribution in [0.3, 0.4) is 0 Å². The van der Waals surface area contributed by atoms with Crippen molar-refractivity contribution in [3.05, 3.63) is 11.7 Å². The van der Waals surface area contributed by atoms with E-state index in [0.717, 1.165) is 13.0 Å². The maximum Gasteiger partial charge on any atom is 0.257 e. The van der Waals surface area contributed by atoms with Gasteiger partial charge in [0, 0.05) is 26.6 Å². The molecule has 0 fully saturated rings. The fourth-order valence-electron chi connectivity index (χ4n) is 1.12. The smallest absolute Gasteiger partial charge is 0.257 e. The minimum atomic E-state index is -0.300. The maximum absolute atomic E-state index is 5.49. The third-order valence-electron chi connectivity index (χ3n) is 2.04. The van der Waals surface area contributed by atoms with Gasteiger partial charge in [-0.1, -0.05) is 5.16 Å². The molecule has 0 saturated carbocycles. The van der Waals surface area contributed by atoms with Gasteiger partial charge in [0.2, 0.25) is 0 Å². The predicted molar refractivity (Wildman–Crippen MR) is 55.4 cm³/mol. The zero-order chi connectivity index (χ0) is 11.3. The summed E-state index contributed by atoms with van der Waals surface area (Å²) in [5.41, 5.74) is 5.49. The molecule has 0 amide bonds. The average molecular weight is 214 g/mol. The molecule has 86 valence electrons. The molecular weight excluding hydrogens is 196 g/mol. The Labute approximate surface area is 89.4 Å². The Morgan fingerprint density at radius 3 is 2.80 bits per heavy atom. The first kappa shape index (κ1) is 12.1. The summed E-state index contributed by atoms with van der Waals surface area (Å²) in [7, 11) is 5.57. The Hall–Kier alpha value is -0.980. The van der Waals surface area contributed by atoms with Crippen LogP contribution in [0.1, 0.15) is 17.8 Å². The van der Waals surface area contributed by atoms with E-state index >= 15 is 0 Å². The van der Waals surface area contributed by atoms with Crippen molar-refractivity contribution in [2.75, 3.05) is 34.3 Å². The van der Waals surface area contributed by atoms with Crippen molar-refractivity contribution in [3.63, 3.8) is 0 Å². The van der Waals surface area contributed by atoms with Gasteiger partial charge in [0.1, 0.15) is 6.10 Å². The fraction of sp³-hybridized carbons (Fsp3) is 0.778. The Morgan fingerprint density at radius 2 is 2.27 bits per heavy atom. The highest BCUT2D eigenvalue weighted by Crippen LogP contribution is 2.12. The zero-order valence-electron chi connectivity index (χ0n) is 9.43. The number of aromatic nitrogens is 2. The lowest BCUT2D eigenvalue weighted by atomic mass is 10.3. The molecule has 1 atom stereocenters. The number of hydrogen-bond donors (Lipinski definition) is 1. The summed E-state index contributed by atoms with van der Waals surface area (Å²) in [4.78, 5) is 6.28. The molecule has 0 aliphatic heterocycles. The van der Waals surface area contributed by atoms with Gasteiger partial charge in [0.25, 0.3) is 5.89 Å². The van der Waals surface area contributed by atoms with Gasteiger partial charge in [-0.25, -0.2) is 0 Å². The van der Waals surface area contributed by atoms with Crippen LogP contribution < -0.4 is 5.73 Å².